The van der Waals surface area contributed by atoms with Crippen LogP contribution in [0.5, 0.6) is 0 Å². The molecule has 0 amide bonds. The number of anilines is 2. The second-order valence-corrected chi connectivity index (χ2v) is 6.26. The number of hydrogen-bond acceptors (Lipinski definition) is 2. The first-order chi connectivity index (χ1) is 12.5. The molecule has 0 unspecified atom stereocenters. The fourth-order valence-electron chi connectivity index (χ4n) is 2.39. The normalized spacial score (nSPS) is 10.2. The molecule has 0 radical (unpaired) electrons. The van der Waals surface area contributed by atoms with Crippen LogP contribution in [0.3, 0.4) is 0 Å². The molecule has 0 spiro atoms. The first kappa shape index (κ1) is 18.0. The zero-order chi connectivity index (χ0) is 18.5. The molecule has 6 heteroatoms. The minimum atomic E-state index is -0.542. The monoisotopic (exact) mass is 384 g/mol. The number of halogens is 2. The second-order valence-electron chi connectivity index (χ2n) is 5.45. The lowest BCUT2D eigenvalue weighted by molar-refractivity contribution is 0.103. The van der Waals surface area contributed by atoms with E-state index >= 15 is 0 Å². The third-order valence-corrected chi connectivity index (χ3v) is 4.14. The molecular weight excluding hydrogens is 371 g/mol. The van der Waals surface area contributed by atoms with Crippen LogP contribution in [0.15, 0.2) is 72.8 Å². The third kappa shape index (κ3) is 4.25. The zero-order valence-electron chi connectivity index (χ0n) is 13.5. The molecule has 0 aliphatic heterocycles. The van der Waals surface area contributed by atoms with Crippen molar-refractivity contribution in [1.29, 1.82) is 0 Å². The highest BCUT2D eigenvalue weighted by Crippen LogP contribution is 2.21. The fraction of sp³-hybridized carbons (Fsp3) is 0. The number of carbonyl (C=O) groups is 1. The summed E-state index contributed by atoms with van der Waals surface area (Å²) in [6.07, 6.45) is 0. The van der Waals surface area contributed by atoms with Gasteiger partial charge in [0.25, 0.3) is 0 Å². The molecule has 0 fully saturated rings. The van der Waals surface area contributed by atoms with Gasteiger partial charge in [0.1, 0.15) is 5.82 Å². The van der Waals surface area contributed by atoms with Crippen molar-refractivity contribution in [3.05, 3.63) is 94.8 Å². The maximum absolute atomic E-state index is 13.5. The Labute approximate surface area is 160 Å². The Bertz CT molecular complexity index is 963. The first-order valence-electron chi connectivity index (χ1n) is 7.76. The number of rotatable bonds is 4. The van der Waals surface area contributed by atoms with Gasteiger partial charge in [0, 0.05) is 16.8 Å². The molecule has 0 heterocycles. The molecule has 0 saturated heterocycles. The predicted octanol–water partition coefficient (Wildman–Crippen LogP) is 5.52. The van der Waals surface area contributed by atoms with Crippen LogP contribution in [0, 0.1) is 5.82 Å². The number of hydrogen-bond donors (Lipinski definition) is 2. The summed E-state index contributed by atoms with van der Waals surface area (Å²) in [4.78, 5) is 12.7. The minimum absolute atomic E-state index is 0.0354. The summed E-state index contributed by atoms with van der Waals surface area (Å²) in [5, 5.41) is 6.13. The average molecular weight is 385 g/mol. The van der Waals surface area contributed by atoms with E-state index in [9.17, 15) is 9.18 Å². The summed E-state index contributed by atoms with van der Waals surface area (Å²) < 4.78 is 13.5. The SMILES string of the molecule is O=C(c1ccccc1)c1ccccc1NC(=S)Nc1ccc(Cl)c(F)c1. The van der Waals surface area contributed by atoms with Crippen LogP contribution in [0.4, 0.5) is 15.8 Å². The fourth-order valence-corrected chi connectivity index (χ4v) is 2.74. The van der Waals surface area contributed by atoms with Crippen LogP contribution in [-0.4, -0.2) is 10.9 Å². The van der Waals surface area contributed by atoms with E-state index in [1.54, 1.807) is 42.5 Å². The molecule has 0 aliphatic rings. The summed E-state index contributed by atoms with van der Waals surface area (Å²) >= 11 is 10.9. The zero-order valence-corrected chi connectivity index (χ0v) is 15.1. The van der Waals surface area contributed by atoms with Gasteiger partial charge >= 0.3 is 0 Å². The standard InChI is InChI=1S/C20H14ClFN2OS/c21-16-11-10-14(12-17(16)22)23-20(26)24-18-9-5-4-8-15(18)19(25)13-6-2-1-3-7-13/h1-12H,(H2,23,24,26). The Morgan fingerprint density at radius 2 is 1.62 bits per heavy atom. The van der Waals surface area contributed by atoms with E-state index < -0.39 is 5.82 Å². The highest BCUT2D eigenvalue weighted by Gasteiger charge is 2.14. The molecule has 2 N–H and O–H groups in total. The van der Waals surface area contributed by atoms with Gasteiger partial charge in [0.05, 0.1) is 10.7 Å². The van der Waals surface area contributed by atoms with E-state index in [1.807, 2.05) is 18.2 Å². The summed E-state index contributed by atoms with van der Waals surface area (Å²) in [5.74, 6) is -0.659. The molecule has 0 aromatic heterocycles. The maximum Gasteiger partial charge on any atom is 0.195 e. The van der Waals surface area contributed by atoms with Gasteiger partial charge in [-0.25, -0.2) is 4.39 Å². The molecule has 0 atom stereocenters. The van der Waals surface area contributed by atoms with Gasteiger partial charge in [-0.3, -0.25) is 4.79 Å². The molecule has 26 heavy (non-hydrogen) atoms. The average Bonchev–Trinajstić information content (AvgIpc) is 2.65. The molecule has 3 aromatic rings. The third-order valence-electron chi connectivity index (χ3n) is 3.63. The van der Waals surface area contributed by atoms with Crippen LogP contribution in [0.1, 0.15) is 15.9 Å². The molecular formula is C20H14ClFN2OS. The molecule has 0 aliphatic carbocycles. The van der Waals surface area contributed by atoms with Crippen molar-refractivity contribution >= 4 is 46.1 Å². The van der Waals surface area contributed by atoms with E-state index in [-0.39, 0.29) is 15.9 Å². The van der Waals surface area contributed by atoms with E-state index in [4.69, 9.17) is 23.8 Å². The lowest BCUT2D eigenvalue weighted by atomic mass is 10.0. The topological polar surface area (TPSA) is 41.1 Å². The van der Waals surface area contributed by atoms with Crippen LogP contribution in [0.25, 0.3) is 0 Å². The molecule has 0 saturated carbocycles. The largest absolute Gasteiger partial charge is 0.332 e. The Morgan fingerprint density at radius 3 is 2.35 bits per heavy atom. The second kappa shape index (κ2) is 8.08. The molecule has 3 rings (SSSR count). The van der Waals surface area contributed by atoms with Crippen LogP contribution in [-0.2, 0) is 0 Å². The Morgan fingerprint density at radius 1 is 0.923 bits per heavy atom. The van der Waals surface area contributed by atoms with E-state index in [0.717, 1.165) is 0 Å². The predicted molar refractivity (Wildman–Crippen MR) is 108 cm³/mol. The smallest absolute Gasteiger partial charge is 0.195 e. The Kier molecular flexibility index (Phi) is 5.61. The summed E-state index contributed by atoms with van der Waals surface area (Å²) in [7, 11) is 0. The number of nitrogens with one attached hydrogen (secondary N) is 2. The van der Waals surface area contributed by atoms with Crippen molar-refractivity contribution in [2.24, 2.45) is 0 Å². The van der Waals surface area contributed by atoms with Gasteiger partial charge in [-0.15, -0.1) is 0 Å². The van der Waals surface area contributed by atoms with Crippen molar-refractivity contribution < 1.29 is 9.18 Å². The van der Waals surface area contributed by atoms with Gasteiger partial charge in [-0.2, -0.15) is 0 Å². The summed E-state index contributed by atoms with van der Waals surface area (Å²) in [5.41, 5.74) is 2.09. The quantitative estimate of drug-likeness (QED) is 0.459. The summed E-state index contributed by atoms with van der Waals surface area (Å²) in [6, 6.07) is 20.3. The number of para-hydroxylation sites is 1. The first-order valence-corrected chi connectivity index (χ1v) is 8.55. The van der Waals surface area contributed by atoms with E-state index in [2.05, 4.69) is 10.6 Å². The van der Waals surface area contributed by atoms with Gasteiger partial charge in [-0.1, -0.05) is 54.1 Å². The maximum atomic E-state index is 13.5. The number of ketones is 1. The van der Waals surface area contributed by atoms with E-state index in [1.165, 1.54) is 12.1 Å². The van der Waals surface area contributed by atoms with Crippen molar-refractivity contribution in [1.82, 2.24) is 0 Å². The molecule has 3 nitrogen and oxygen atoms in total. The van der Waals surface area contributed by atoms with Crippen LogP contribution in [0.2, 0.25) is 5.02 Å². The highest BCUT2D eigenvalue weighted by atomic mass is 35.5. The van der Waals surface area contributed by atoms with Gasteiger partial charge in [-0.05, 0) is 42.5 Å². The van der Waals surface area contributed by atoms with Crippen molar-refractivity contribution in [3.8, 4) is 0 Å². The Hall–Kier alpha value is -2.76. The van der Waals surface area contributed by atoms with Crippen LogP contribution < -0.4 is 10.6 Å². The number of thiocarbonyl (C=S) groups is 1. The van der Waals surface area contributed by atoms with E-state index in [0.29, 0.717) is 22.5 Å². The van der Waals surface area contributed by atoms with Crippen LogP contribution >= 0.6 is 23.8 Å². The highest BCUT2D eigenvalue weighted by molar-refractivity contribution is 7.80. The number of carbonyl (C=O) groups excluding carboxylic acids is 1. The van der Waals surface area contributed by atoms with Gasteiger partial charge < -0.3 is 10.6 Å². The lowest BCUT2D eigenvalue weighted by Crippen LogP contribution is -2.21. The minimum Gasteiger partial charge on any atom is -0.332 e. The van der Waals surface area contributed by atoms with Gasteiger partial charge in [0.2, 0.25) is 0 Å². The summed E-state index contributed by atoms with van der Waals surface area (Å²) in [6.45, 7) is 0. The molecule has 0 bridgehead atoms. The van der Waals surface area contributed by atoms with Gasteiger partial charge in [0.15, 0.2) is 10.9 Å². The lowest BCUT2D eigenvalue weighted by Gasteiger charge is -2.14. The molecule has 130 valence electrons. The molecule has 3 aromatic carbocycles. The van der Waals surface area contributed by atoms with Crippen molar-refractivity contribution in [3.63, 3.8) is 0 Å². The number of benzene rings is 3. The van der Waals surface area contributed by atoms with Crippen molar-refractivity contribution in [2.75, 3.05) is 10.6 Å². The van der Waals surface area contributed by atoms with Crippen molar-refractivity contribution in [2.45, 2.75) is 0 Å². The Balaban J connectivity index is 1.78.